The number of hydrogen-bond donors (Lipinski definition) is 1. The van der Waals surface area contributed by atoms with E-state index in [1.807, 2.05) is 0 Å². The Morgan fingerprint density at radius 2 is 2.27 bits per heavy atom. The van der Waals surface area contributed by atoms with Gasteiger partial charge in [-0.15, -0.1) is 0 Å². The van der Waals surface area contributed by atoms with Crippen molar-refractivity contribution in [2.45, 2.75) is 18.8 Å². The van der Waals surface area contributed by atoms with Gasteiger partial charge >= 0.3 is 0 Å². The van der Waals surface area contributed by atoms with E-state index in [4.69, 9.17) is 0 Å². The van der Waals surface area contributed by atoms with E-state index >= 15 is 0 Å². The molecule has 1 aliphatic carbocycles. The van der Waals surface area contributed by atoms with Crippen LogP contribution >= 0.6 is 0 Å². The van der Waals surface area contributed by atoms with Crippen molar-refractivity contribution in [1.29, 1.82) is 0 Å². The molecule has 1 aromatic rings. The van der Waals surface area contributed by atoms with Crippen molar-refractivity contribution >= 4 is 0 Å². The van der Waals surface area contributed by atoms with Crippen molar-refractivity contribution in [3.63, 3.8) is 0 Å². The van der Waals surface area contributed by atoms with Gasteiger partial charge in [-0.05, 0) is 24.8 Å². The molecule has 1 saturated carbocycles. The smallest absolute Gasteiger partial charge is 0.252 e. The lowest BCUT2D eigenvalue weighted by molar-refractivity contribution is 0.451. The minimum Gasteiger partial charge on any atom is -0.316 e. The highest BCUT2D eigenvalue weighted by Gasteiger charge is 2.57. The summed E-state index contributed by atoms with van der Waals surface area (Å²) in [5, 5.41) is 3.25. The van der Waals surface area contributed by atoms with Gasteiger partial charge in [0.2, 0.25) is 0 Å². The van der Waals surface area contributed by atoms with E-state index in [2.05, 4.69) is 15.3 Å². The van der Waals surface area contributed by atoms with E-state index in [0.717, 1.165) is 32.3 Å². The summed E-state index contributed by atoms with van der Waals surface area (Å²) in [4.78, 5) is 7.06. The van der Waals surface area contributed by atoms with Crippen LogP contribution < -0.4 is 5.32 Å². The first-order valence-corrected chi connectivity index (χ1v) is 5.09. The van der Waals surface area contributed by atoms with Crippen molar-refractivity contribution in [2.24, 2.45) is 5.41 Å². The third-order valence-corrected chi connectivity index (χ3v) is 3.57. The molecule has 1 N–H and O–H groups in total. The molecule has 0 bridgehead atoms. The molecule has 2 heterocycles. The van der Waals surface area contributed by atoms with Crippen LogP contribution in [0.2, 0.25) is 0 Å². The van der Waals surface area contributed by atoms with Gasteiger partial charge in [-0.3, -0.25) is 0 Å². The molecule has 0 amide bonds. The Bertz CT molecular complexity index is 402. The van der Waals surface area contributed by atoms with E-state index in [1.165, 1.54) is 0 Å². The summed E-state index contributed by atoms with van der Waals surface area (Å²) >= 11 is 0. The molecule has 1 aliphatic heterocycles. The number of nitrogens with one attached hydrogen (secondary N) is 1. The summed E-state index contributed by atoms with van der Waals surface area (Å²) in [5.74, 6) is -1.83. The second-order valence-corrected chi connectivity index (χ2v) is 4.41. The topological polar surface area (TPSA) is 37.8 Å². The maximum Gasteiger partial charge on any atom is 0.252 e. The number of halogens is 2. The monoisotopic (exact) mass is 211 g/mol. The zero-order chi connectivity index (χ0) is 10.5. The molecular formula is C10H11F2N3. The summed E-state index contributed by atoms with van der Waals surface area (Å²) < 4.78 is 26.3. The second-order valence-electron chi connectivity index (χ2n) is 4.41. The first-order valence-electron chi connectivity index (χ1n) is 5.09. The van der Waals surface area contributed by atoms with Gasteiger partial charge in [-0.2, -0.15) is 8.78 Å². The average Bonchev–Trinajstić information content (AvgIpc) is 2.69. The van der Waals surface area contributed by atoms with Crippen molar-refractivity contribution < 1.29 is 8.78 Å². The molecule has 15 heavy (non-hydrogen) atoms. The van der Waals surface area contributed by atoms with E-state index in [1.54, 1.807) is 0 Å². The molecule has 2 atom stereocenters. The Morgan fingerprint density at radius 3 is 3.00 bits per heavy atom. The molecular weight excluding hydrogens is 200 g/mol. The van der Waals surface area contributed by atoms with E-state index in [0.29, 0.717) is 0 Å². The predicted octanol–water partition coefficient (Wildman–Crippen LogP) is 1.22. The van der Waals surface area contributed by atoms with Crippen molar-refractivity contribution in [2.75, 3.05) is 13.1 Å². The fraction of sp³-hybridized carbons (Fsp3) is 0.600. The Labute approximate surface area is 85.9 Å². The summed E-state index contributed by atoms with van der Waals surface area (Å²) in [7, 11) is 0. The molecule has 0 aromatic carbocycles. The molecule has 1 saturated heterocycles. The molecule has 2 aliphatic rings. The van der Waals surface area contributed by atoms with Crippen molar-refractivity contribution in [3.8, 4) is 0 Å². The Morgan fingerprint density at radius 1 is 1.40 bits per heavy atom. The van der Waals surface area contributed by atoms with Crippen LogP contribution in [0.25, 0.3) is 0 Å². The highest BCUT2D eigenvalue weighted by molar-refractivity contribution is 5.26. The first-order chi connectivity index (χ1) is 7.23. The molecule has 3 rings (SSSR count). The number of rotatable bonds is 1. The van der Waals surface area contributed by atoms with Crippen LogP contribution in [0.5, 0.6) is 0 Å². The van der Waals surface area contributed by atoms with E-state index in [9.17, 15) is 8.78 Å². The van der Waals surface area contributed by atoms with Gasteiger partial charge in [0.25, 0.3) is 5.95 Å². The molecule has 5 heteroatoms. The van der Waals surface area contributed by atoms with Crippen LogP contribution in [0.4, 0.5) is 8.78 Å². The van der Waals surface area contributed by atoms with Gasteiger partial charge in [0.15, 0.2) is 5.82 Å². The Kier molecular flexibility index (Phi) is 1.80. The van der Waals surface area contributed by atoms with Gasteiger partial charge in [0.05, 0.1) is 5.69 Å². The maximum absolute atomic E-state index is 13.4. The average molecular weight is 211 g/mol. The van der Waals surface area contributed by atoms with Crippen LogP contribution in [0.15, 0.2) is 6.33 Å². The number of aromatic nitrogens is 2. The van der Waals surface area contributed by atoms with Gasteiger partial charge in [-0.1, -0.05) is 0 Å². The van der Waals surface area contributed by atoms with Crippen LogP contribution in [0.3, 0.4) is 0 Å². The largest absolute Gasteiger partial charge is 0.316 e. The summed E-state index contributed by atoms with van der Waals surface area (Å²) in [6.07, 6.45) is 3.04. The molecule has 2 fully saturated rings. The fourth-order valence-corrected chi connectivity index (χ4v) is 2.57. The van der Waals surface area contributed by atoms with Crippen molar-refractivity contribution in [3.05, 3.63) is 23.8 Å². The standard InChI is InChI=1S/C10H11F2N3/c11-7-8(14-5-15-9(7)12)6-3-10(6)1-2-13-4-10/h5-6,13H,1-4H2. The van der Waals surface area contributed by atoms with Gasteiger partial charge < -0.3 is 5.32 Å². The molecule has 1 spiro atoms. The third kappa shape index (κ3) is 1.26. The maximum atomic E-state index is 13.4. The molecule has 80 valence electrons. The van der Waals surface area contributed by atoms with E-state index in [-0.39, 0.29) is 17.0 Å². The van der Waals surface area contributed by atoms with Gasteiger partial charge in [0, 0.05) is 12.5 Å². The Balaban J connectivity index is 1.92. The van der Waals surface area contributed by atoms with Crippen LogP contribution in [-0.4, -0.2) is 23.1 Å². The summed E-state index contributed by atoms with van der Waals surface area (Å²) in [6.45, 7) is 1.86. The summed E-state index contributed by atoms with van der Waals surface area (Å²) in [5.41, 5.74) is 0.396. The first kappa shape index (κ1) is 9.15. The van der Waals surface area contributed by atoms with Crippen LogP contribution in [-0.2, 0) is 0 Å². The molecule has 1 aromatic heterocycles. The van der Waals surface area contributed by atoms with Gasteiger partial charge in [0.1, 0.15) is 6.33 Å². The lowest BCUT2D eigenvalue weighted by atomic mass is 10.0. The SMILES string of the molecule is Fc1ncnc(C2CC23CCNC3)c1F. The lowest BCUT2D eigenvalue weighted by Crippen LogP contribution is -2.12. The third-order valence-electron chi connectivity index (χ3n) is 3.57. The Hall–Kier alpha value is -1.10. The van der Waals surface area contributed by atoms with Crippen LogP contribution in [0.1, 0.15) is 24.5 Å². The minimum atomic E-state index is -1.03. The number of hydrogen-bond acceptors (Lipinski definition) is 3. The minimum absolute atomic E-state index is 0.0741. The molecule has 0 radical (unpaired) electrons. The number of nitrogens with zero attached hydrogens (tertiary/aromatic N) is 2. The van der Waals surface area contributed by atoms with Crippen LogP contribution in [0, 0.1) is 17.2 Å². The molecule has 2 unspecified atom stereocenters. The van der Waals surface area contributed by atoms with E-state index < -0.39 is 11.8 Å². The second kappa shape index (κ2) is 2.95. The van der Waals surface area contributed by atoms with Gasteiger partial charge in [-0.25, -0.2) is 9.97 Å². The lowest BCUT2D eigenvalue weighted by Gasteiger charge is -2.07. The zero-order valence-electron chi connectivity index (χ0n) is 8.13. The summed E-state index contributed by atoms with van der Waals surface area (Å²) in [6, 6.07) is 0. The highest BCUT2D eigenvalue weighted by Crippen LogP contribution is 2.62. The predicted molar refractivity (Wildman–Crippen MR) is 49.2 cm³/mol. The molecule has 3 nitrogen and oxygen atoms in total. The normalized spacial score (nSPS) is 33.6. The fourth-order valence-electron chi connectivity index (χ4n) is 2.57. The zero-order valence-corrected chi connectivity index (χ0v) is 8.13. The van der Waals surface area contributed by atoms with Crippen molar-refractivity contribution in [1.82, 2.24) is 15.3 Å². The highest BCUT2D eigenvalue weighted by atomic mass is 19.2. The quantitative estimate of drug-likeness (QED) is 0.710.